The summed E-state index contributed by atoms with van der Waals surface area (Å²) in [4.78, 5) is 2.48. The molecule has 1 heterocycles. The molecule has 2 N–H and O–H groups in total. The van der Waals surface area contributed by atoms with Crippen molar-refractivity contribution in [3.8, 4) is 0 Å². The first-order valence-corrected chi connectivity index (χ1v) is 4.20. The normalized spacial score (nSPS) is 25.8. The van der Waals surface area contributed by atoms with Gasteiger partial charge in [-0.3, -0.25) is 4.90 Å². The van der Waals surface area contributed by atoms with Crippen LogP contribution in [0.1, 0.15) is 26.7 Å². The van der Waals surface area contributed by atoms with Crippen molar-refractivity contribution in [2.45, 2.75) is 38.8 Å². The summed E-state index contributed by atoms with van der Waals surface area (Å²) >= 11 is 0. The molecule has 0 amide bonds. The summed E-state index contributed by atoms with van der Waals surface area (Å²) in [5.41, 5.74) is 5.69. The fourth-order valence-corrected chi connectivity index (χ4v) is 1.63. The Kier molecular flexibility index (Phi) is 8.69. The topological polar surface area (TPSA) is 29.3 Å². The van der Waals surface area contributed by atoms with E-state index in [1.807, 2.05) is 0 Å². The standard InChI is InChI=1S/C8H18N2.2ClH/c1-7(9)6-10-5-3-4-8(10)2;;/h7-8H,3-6,9H2,1-2H3;2*1H/t7-,8+;;/m1../s1. The first-order chi connectivity index (χ1) is 4.70. The van der Waals surface area contributed by atoms with Crippen LogP contribution in [-0.2, 0) is 0 Å². The average molecular weight is 215 g/mol. The number of nitrogens with zero attached hydrogens (tertiary/aromatic N) is 1. The summed E-state index contributed by atoms with van der Waals surface area (Å²) in [6.45, 7) is 6.68. The Bertz CT molecular complexity index is 109. The Balaban J connectivity index is 0. The highest BCUT2D eigenvalue weighted by Crippen LogP contribution is 2.15. The maximum Gasteiger partial charge on any atom is 0.0139 e. The van der Waals surface area contributed by atoms with E-state index in [0.29, 0.717) is 6.04 Å². The number of likely N-dealkylation sites (tertiary alicyclic amines) is 1. The minimum Gasteiger partial charge on any atom is -0.327 e. The van der Waals surface area contributed by atoms with Crippen molar-refractivity contribution < 1.29 is 0 Å². The van der Waals surface area contributed by atoms with E-state index >= 15 is 0 Å². The van der Waals surface area contributed by atoms with E-state index in [0.717, 1.165) is 12.6 Å². The minimum absolute atomic E-state index is 0. The smallest absolute Gasteiger partial charge is 0.0139 e. The third-order valence-corrected chi connectivity index (χ3v) is 2.21. The van der Waals surface area contributed by atoms with Gasteiger partial charge in [0.1, 0.15) is 0 Å². The minimum atomic E-state index is 0. The fourth-order valence-electron chi connectivity index (χ4n) is 1.63. The van der Waals surface area contributed by atoms with Crippen molar-refractivity contribution >= 4 is 24.8 Å². The summed E-state index contributed by atoms with van der Waals surface area (Å²) in [6, 6.07) is 1.10. The molecule has 0 aliphatic carbocycles. The van der Waals surface area contributed by atoms with E-state index in [2.05, 4.69) is 18.7 Å². The van der Waals surface area contributed by atoms with Gasteiger partial charge in [-0.05, 0) is 33.2 Å². The SMILES string of the molecule is C[C@@H](N)CN1CCC[C@@H]1C.Cl.Cl. The Labute approximate surface area is 87.7 Å². The highest BCUT2D eigenvalue weighted by atomic mass is 35.5. The number of halogens is 2. The van der Waals surface area contributed by atoms with Gasteiger partial charge in [0, 0.05) is 18.6 Å². The zero-order chi connectivity index (χ0) is 7.56. The third kappa shape index (κ3) is 4.51. The molecule has 0 aromatic rings. The summed E-state index contributed by atoms with van der Waals surface area (Å²) in [7, 11) is 0. The second-order valence-electron chi connectivity index (χ2n) is 3.46. The van der Waals surface area contributed by atoms with Gasteiger partial charge in [-0.2, -0.15) is 0 Å². The van der Waals surface area contributed by atoms with Crippen LogP contribution in [0.25, 0.3) is 0 Å². The van der Waals surface area contributed by atoms with Crippen molar-refractivity contribution in [1.29, 1.82) is 0 Å². The van der Waals surface area contributed by atoms with Gasteiger partial charge >= 0.3 is 0 Å². The van der Waals surface area contributed by atoms with Crippen LogP contribution in [0.4, 0.5) is 0 Å². The van der Waals surface area contributed by atoms with E-state index in [-0.39, 0.29) is 24.8 Å². The molecule has 0 bridgehead atoms. The van der Waals surface area contributed by atoms with E-state index in [1.54, 1.807) is 0 Å². The monoisotopic (exact) mass is 214 g/mol. The molecule has 2 nitrogen and oxygen atoms in total. The highest BCUT2D eigenvalue weighted by Gasteiger charge is 2.20. The van der Waals surface area contributed by atoms with E-state index in [1.165, 1.54) is 19.4 Å². The molecular weight excluding hydrogens is 195 g/mol. The predicted octanol–water partition coefficient (Wildman–Crippen LogP) is 1.66. The number of hydrogen-bond donors (Lipinski definition) is 1. The molecule has 0 aromatic heterocycles. The van der Waals surface area contributed by atoms with Gasteiger partial charge in [0.25, 0.3) is 0 Å². The Morgan fingerprint density at radius 3 is 2.42 bits per heavy atom. The molecule has 1 aliphatic heterocycles. The summed E-state index contributed by atoms with van der Waals surface area (Å²) < 4.78 is 0. The summed E-state index contributed by atoms with van der Waals surface area (Å²) in [6.07, 6.45) is 2.71. The maximum absolute atomic E-state index is 5.69. The molecule has 1 saturated heterocycles. The van der Waals surface area contributed by atoms with Crippen LogP contribution in [0.2, 0.25) is 0 Å². The van der Waals surface area contributed by atoms with Gasteiger partial charge in [-0.15, -0.1) is 24.8 Å². The third-order valence-electron chi connectivity index (χ3n) is 2.21. The molecule has 12 heavy (non-hydrogen) atoms. The Hall–Kier alpha value is 0.500. The van der Waals surface area contributed by atoms with Gasteiger partial charge in [-0.1, -0.05) is 0 Å². The number of hydrogen-bond acceptors (Lipinski definition) is 2. The lowest BCUT2D eigenvalue weighted by Crippen LogP contribution is -2.37. The molecule has 0 unspecified atom stereocenters. The van der Waals surface area contributed by atoms with Crippen LogP contribution < -0.4 is 5.73 Å². The van der Waals surface area contributed by atoms with E-state index in [9.17, 15) is 0 Å². The molecule has 1 fully saturated rings. The first-order valence-electron chi connectivity index (χ1n) is 4.20. The lowest BCUT2D eigenvalue weighted by atomic mass is 10.2. The molecule has 1 rings (SSSR count). The number of rotatable bonds is 2. The van der Waals surface area contributed by atoms with E-state index in [4.69, 9.17) is 5.73 Å². The van der Waals surface area contributed by atoms with Crippen molar-refractivity contribution in [3.05, 3.63) is 0 Å². The molecule has 1 aliphatic rings. The highest BCUT2D eigenvalue weighted by molar-refractivity contribution is 5.85. The quantitative estimate of drug-likeness (QED) is 0.759. The lowest BCUT2D eigenvalue weighted by Gasteiger charge is -2.22. The second kappa shape index (κ2) is 6.96. The summed E-state index contributed by atoms with van der Waals surface area (Å²) in [5, 5.41) is 0. The first kappa shape index (κ1) is 15.0. The van der Waals surface area contributed by atoms with Gasteiger partial charge < -0.3 is 5.73 Å². The van der Waals surface area contributed by atoms with E-state index < -0.39 is 0 Å². The van der Waals surface area contributed by atoms with Gasteiger partial charge in [0.05, 0.1) is 0 Å². The molecular formula is C8H20Cl2N2. The Morgan fingerprint density at radius 2 is 2.08 bits per heavy atom. The van der Waals surface area contributed by atoms with Crippen LogP contribution in [0.15, 0.2) is 0 Å². The molecule has 0 aromatic carbocycles. The second-order valence-corrected chi connectivity index (χ2v) is 3.46. The van der Waals surface area contributed by atoms with Crippen LogP contribution in [0.5, 0.6) is 0 Å². The number of nitrogens with two attached hydrogens (primary N) is 1. The molecule has 76 valence electrons. The van der Waals surface area contributed by atoms with Gasteiger partial charge in [-0.25, -0.2) is 0 Å². The van der Waals surface area contributed by atoms with Crippen molar-refractivity contribution in [2.24, 2.45) is 5.73 Å². The maximum atomic E-state index is 5.69. The van der Waals surface area contributed by atoms with Crippen LogP contribution in [-0.4, -0.2) is 30.1 Å². The fraction of sp³-hybridized carbons (Fsp3) is 1.00. The molecule has 0 spiro atoms. The lowest BCUT2D eigenvalue weighted by molar-refractivity contribution is 0.256. The molecule has 4 heteroatoms. The zero-order valence-electron chi connectivity index (χ0n) is 7.82. The Morgan fingerprint density at radius 1 is 1.50 bits per heavy atom. The summed E-state index contributed by atoms with van der Waals surface area (Å²) in [5.74, 6) is 0. The molecule has 0 saturated carbocycles. The van der Waals surface area contributed by atoms with Crippen LogP contribution >= 0.6 is 24.8 Å². The van der Waals surface area contributed by atoms with Gasteiger partial charge in [0.15, 0.2) is 0 Å². The molecule has 0 radical (unpaired) electrons. The molecule has 2 atom stereocenters. The zero-order valence-corrected chi connectivity index (χ0v) is 9.46. The average Bonchev–Trinajstić information content (AvgIpc) is 2.15. The van der Waals surface area contributed by atoms with Crippen molar-refractivity contribution in [3.63, 3.8) is 0 Å². The predicted molar refractivity (Wildman–Crippen MR) is 58.4 cm³/mol. The van der Waals surface area contributed by atoms with Crippen LogP contribution in [0.3, 0.4) is 0 Å². The largest absolute Gasteiger partial charge is 0.327 e. The van der Waals surface area contributed by atoms with Gasteiger partial charge in [0.2, 0.25) is 0 Å². The van der Waals surface area contributed by atoms with Crippen LogP contribution in [0, 0.1) is 0 Å². The van der Waals surface area contributed by atoms with Crippen molar-refractivity contribution in [1.82, 2.24) is 4.90 Å². The van der Waals surface area contributed by atoms with Crippen molar-refractivity contribution in [2.75, 3.05) is 13.1 Å².